The fourth-order valence-corrected chi connectivity index (χ4v) is 5.13. The number of thiophene rings is 1. The van der Waals surface area contributed by atoms with E-state index in [4.69, 9.17) is 0 Å². The van der Waals surface area contributed by atoms with E-state index < -0.39 is 0 Å². The third-order valence-electron chi connectivity index (χ3n) is 5.08. The lowest BCUT2D eigenvalue weighted by Crippen LogP contribution is -2.51. The molecule has 0 atom stereocenters. The second kappa shape index (κ2) is 8.42. The molecule has 8 heteroatoms. The molecule has 3 amide bonds. The van der Waals surface area contributed by atoms with Crippen molar-refractivity contribution in [2.75, 3.05) is 37.6 Å². The van der Waals surface area contributed by atoms with Gasteiger partial charge in [0.1, 0.15) is 6.54 Å². The summed E-state index contributed by atoms with van der Waals surface area (Å²) in [6.07, 6.45) is 1.74. The number of hydrogen-bond donors (Lipinski definition) is 0. The summed E-state index contributed by atoms with van der Waals surface area (Å²) in [5.41, 5.74) is 2.20. The predicted octanol–water partition coefficient (Wildman–Crippen LogP) is 3.44. The Hall–Kier alpha value is -2.58. The number of imide groups is 1. The van der Waals surface area contributed by atoms with Crippen LogP contribution in [0.3, 0.4) is 0 Å². The number of carbonyl (C=O) groups excluding carboxylic acids is 3. The minimum Gasteiger partial charge on any atom is -0.368 e. The highest BCUT2D eigenvalue weighted by molar-refractivity contribution is 8.18. The number of rotatable bonds is 4. The van der Waals surface area contributed by atoms with Gasteiger partial charge in [0.25, 0.3) is 11.1 Å². The lowest BCUT2D eigenvalue weighted by atomic mass is 10.2. The molecule has 0 N–H and O–H groups in total. The SMILES string of the molecule is Cc1ccsc1/C=C1/SC(=O)N(CC(=O)N2CCN(c3ccccc3)CC2)C1=O. The van der Waals surface area contributed by atoms with Gasteiger partial charge in [-0.1, -0.05) is 18.2 Å². The molecule has 150 valence electrons. The van der Waals surface area contributed by atoms with Gasteiger partial charge in [-0.25, -0.2) is 0 Å². The summed E-state index contributed by atoms with van der Waals surface area (Å²) in [5.74, 6) is -0.572. The minimum atomic E-state index is -0.385. The van der Waals surface area contributed by atoms with Crippen LogP contribution in [0.25, 0.3) is 6.08 Å². The summed E-state index contributed by atoms with van der Waals surface area (Å²) >= 11 is 2.43. The Bertz CT molecular complexity index is 963. The number of carbonyl (C=O) groups is 3. The summed E-state index contributed by atoms with van der Waals surface area (Å²) in [7, 11) is 0. The number of hydrogen-bond acceptors (Lipinski definition) is 6. The summed E-state index contributed by atoms with van der Waals surface area (Å²) in [6.45, 7) is 4.38. The van der Waals surface area contributed by atoms with Crippen LogP contribution < -0.4 is 4.90 Å². The van der Waals surface area contributed by atoms with Gasteiger partial charge in [0.05, 0.1) is 4.91 Å². The van der Waals surface area contributed by atoms with Gasteiger partial charge in [-0.15, -0.1) is 11.3 Å². The average Bonchev–Trinajstić information content (AvgIpc) is 3.26. The van der Waals surface area contributed by atoms with Crippen LogP contribution in [0.1, 0.15) is 10.4 Å². The molecule has 2 aromatic rings. The maximum Gasteiger partial charge on any atom is 0.294 e. The zero-order chi connectivity index (χ0) is 20.4. The van der Waals surface area contributed by atoms with Crippen LogP contribution in [-0.4, -0.2) is 59.6 Å². The molecule has 0 bridgehead atoms. The highest BCUT2D eigenvalue weighted by Gasteiger charge is 2.37. The fourth-order valence-electron chi connectivity index (χ4n) is 3.38. The molecule has 1 aromatic carbocycles. The highest BCUT2D eigenvalue weighted by Crippen LogP contribution is 2.33. The summed E-state index contributed by atoms with van der Waals surface area (Å²) in [5, 5.41) is 1.57. The Labute approximate surface area is 177 Å². The molecule has 3 heterocycles. The Balaban J connectivity index is 1.36. The number of thioether (sulfide) groups is 1. The van der Waals surface area contributed by atoms with Crippen molar-refractivity contribution >= 4 is 51.9 Å². The second-order valence-corrected chi connectivity index (χ2v) is 8.88. The maximum atomic E-state index is 12.7. The van der Waals surface area contributed by atoms with E-state index in [2.05, 4.69) is 17.0 Å². The van der Waals surface area contributed by atoms with E-state index >= 15 is 0 Å². The van der Waals surface area contributed by atoms with Gasteiger partial charge in [-0.05, 0) is 53.9 Å². The molecular formula is C21H21N3O3S2. The molecule has 1 aromatic heterocycles. The smallest absolute Gasteiger partial charge is 0.294 e. The van der Waals surface area contributed by atoms with Gasteiger partial charge in [-0.3, -0.25) is 19.3 Å². The quantitative estimate of drug-likeness (QED) is 0.700. The number of benzene rings is 1. The Morgan fingerprint density at radius 2 is 1.79 bits per heavy atom. The van der Waals surface area contributed by atoms with Crippen molar-refractivity contribution < 1.29 is 14.4 Å². The van der Waals surface area contributed by atoms with Gasteiger partial charge < -0.3 is 9.80 Å². The number of aryl methyl sites for hydroxylation is 1. The lowest BCUT2D eigenvalue weighted by molar-refractivity contribution is -0.136. The molecule has 2 fully saturated rings. The summed E-state index contributed by atoms with van der Waals surface area (Å²) in [6, 6.07) is 12.1. The van der Waals surface area contributed by atoms with Gasteiger partial charge in [0.15, 0.2) is 0 Å². The molecule has 0 radical (unpaired) electrons. The standard InChI is InChI=1S/C21H21N3O3S2/c1-15-7-12-28-17(15)13-18-20(26)24(21(27)29-18)14-19(25)23-10-8-22(9-11-23)16-5-3-2-4-6-16/h2-7,12-13H,8-11,14H2,1H3/b18-13+. The van der Waals surface area contributed by atoms with Crippen LogP contribution in [0, 0.1) is 6.92 Å². The van der Waals surface area contributed by atoms with E-state index in [0.29, 0.717) is 18.0 Å². The molecule has 4 rings (SSSR count). The van der Waals surface area contributed by atoms with Crippen LogP contribution in [0.15, 0.2) is 46.7 Å². The number of piperazine rings is 1. The molecule has 0 aliphatic carbocycles. The van der Waals surface area contributed by atoms with E-state index in [1.54, 1.807) is 11.0 Å². The molecule has 2 aliphatic rings. The van der Waals surface area contributed by atoms with Gasteiger partial charge in [0, 0.05) is 36.7 Å². The highest BCUT2D eigenvalue weighted by atomic mass is 32.2. The molecule has 2 aliphatic heterocycles. The Morgan fingerprint density at radius 3 is 2.45 bits per heavy atom. The number of para-hydroxylation sites is 1. The van der Waals surface area contributed by atoms with Crippen LogP contribution in [0.2, 0.25) is 0 Å². The number of nitrogens with zero attached hydrogens (tertiary/aromatic N) is 3. The molecule has 0 unspecified atom stereocenters. The van der Waals surface area contributed by atoms with Crippen molar-refractivity contribution in [2.24, 2.45) is 0 Å². The van der Waals surface area contributed by atoms with E-state index in [9.17, 15) is 14.4 Å². The molecule has 0 spiro atoms. The van der Waals surface area contributed by atoms with Gasteiger partial charge in [-0.2, -0.15) is 0 Å². The first-order valence-electron chi connectivity index (χ1n) is 9.40. The second-order valence-electron chi connectivity index (χ2n) is 6.94. The molecule has 0 saturated carbocycles. The Kier molecular flexibility index (Phi) is 5.73. The minimum absolute atomic E-state index is 0.187. The van der Waals surface area contributed by atoms with E-state index in [1.165, 1.54) is 11.3 Å². The Morgan fingerprint density at radius 1 is 1.07 bits per heavy atom. The first-order valence-corrected chi connectivity index (χ1v) is 11.1. The fraction of sp³-hybridized carbons (Fsp3) is 0.286. The van der Waals surface area contributed by atoms with E-state index in [1.807, 2.05) is 36.6 Å². The molecule has 2 saturated heterocycles. The maximum absolute atomic E-state index is 12.7. The average molecular weight is 428 g/mol. The van der Waals surface area contributed by atoms with Crippen molar-refractivity contribution in [1.29, 1.82) is 0 Å². The van der Waals surface area contributed by atoms with E-state index in [0.717, 1.165) is 45.9 Å². The molecule has 29 heavy (non-hydrogen) atoms. The third kappa shape index (κ3) is 4.23. The first kappa shape index (κ1) is 19.7. The molecular weight excluding hydrogens is 406 g/mol. The van der Waals surface area contributed by atoms with Crippen molar-refractivity contribution in [3.63, 3.8) is 0 Å². The van der Waals surface area contributed by atoms with Crippen molar-refractivity contribution in [3.8, 4) is 0 Å². The number of amides is 3. The van der Waals surface area contributed by atoms with E-state index in [-0.39, 0.29) is 23.6 Å². The van der Waals surface area contributed by atoms with Gasteiger partial charge in [0.2, 0.25) is 5.91 Å². The van der Waals surface area contributed by atoms with Crippen LogP contribution in [-0.2, 0) is 9.59 Å². The van der Waals surface area contributed by atoms with Crippen LogP contribution in [0.4, 0.5) is 10.5 Å². The van der Waals surface area contributed by atoms with Crippen LogP contribution in [0.5, 0.6) is 0 Å². The van der Waals surface area contributed by atoms with Crippen molar-refractivity contribution in [2.45, 2.75) is 6.92 Å². The predicted molar refractivity (Wildman–Crippen MR) is 117 cm³/mol. The number of anilines is 1. The zero-order valence-electron chi connectivity index (χ0n) is 16.0. The largest absolute Gasteiger partial charge is 0.368 e. The van der Waals surface area contributed by atoms with Crippen molar-refractivity contribution in [1.82, 2.24) is 9.80 Å². The summed E-state index contributed by atoms with van der Waals surface area (Å²) in [4.78, 5) is 44.0. The monoisotopic (exact) mass is 427 g/mol. The zero-order valence-corrected chi connectivity index (χ0v) is 17.7. The normalized spacial score (nSPS) is 18.8. The lowest BCUT2D eigenvalue weighted by Gasteiger charge is -2.36. The summed E-state index contributed by atoms with van der Waals surface area (Å²) < 4.78 is 0. The van der Waals surface area contributed by atoms with Gasteiger partial charge >= 0.3 is 0 Å². The topological polar surface area (TPSA) is 60.9 Å². The van der Waals surface area contributed by atoms with Crippen LogP contribution >= 0.6 is 23.1 Å². The first-order chi connectivity index (χ1) is 14.0. The third-order valence-corrected chi connectivity index (χ3v) is 6.96. The van der Waals surface area contributed by atoms with Crippen molar-refractivity contribution in [3.05, 3.63) is 57.1 Å². The molecule has 6 nitrogen and oxygen atoms in total.